The molecule has 1 N–H and O–H groups in total. The van der Waals surface area contributed by atoms with Crippen LogP contribution in [0.1, 0.15) is 23.1 Å². The van der Waals surface area contributed by atoms with Crippen molar-refractivity contribution in [2.45, 2.75) is 25.1 Å². The first-order chi connectivity index (χ1) is 10.9. The van der Waals surface area contributed by atoms with Gasteiger partial charge in [0.15, 0.2) is 0 Å². The lowest BCUT2D eigenvalue weighted by atomic mass is 10.1. The van der Waals surface area contributed by atoms with Crippen LogP contribution >= 0.6 is 11.8 Å². The summed E-state index contributed by atoms with van der Waals surface area (Å²) in [6, 6.07) is 4.99. The van der Waals surface area contributed by atoms with Gasteiger partial charge in [0.2, 0.25) is 5.16 Å². The molecule has 0 saturated carbocycles. The van der Waals surface area contributed by atoms with Crippen molar-refractivity contribution in [1.29, 1.82) is 0 Å². The van der Waals surface area contributed by atoms with Crippen LogP contribution < -0.4 is 0 Å². The van der Waals surface area contributed by atoms with E-state index in [9.17, 15) is 13.9 Å². The molecule has 8 heteroatoms. The molecule has 3 rings (SSSR count). The molecule has 1 atom stereocenters. The Morgan fingerprint density at radius 3 is 2.74 bits per heavy atom. The third-order valence-electron chi connectivity index (χ3n) is 3.29. The largest absolute Gasteiger partial charge is 0.387 e. The van der Waals surface area contributed by atoms with Crippen LogP contribution in [-0.2, 0) is 0 Å². The first kappa shape index (κ1) is 15.8. The van der Waals surface area contributed by atoms with Crippen molar-refractivity contribution in [3.63, 3.8) is 0 Å². The van der Waals surface area contributed by atoms with Crippen molar-refractivity contribution in [3.8, 4) is 0 Å². The lowest BCUT2D eigenvalue weighted by Crippen LogP contribution is -2.04. The van der Waals surface area contributed by atoms with Crippen molar-refractivity contribution >= 4 is 17.5 Å². The van der Waals surface area contributed by atoms with Crippen LogP contribution in [0.15, 0.2) is 29.4 Å². The van der Waals surface area contributed by atoms with Gasteiger partial charge < -0.3 is 5.11 Å². The van der Waals surface area contributed by atoms with E-state index in [2.05, 4.69) is 15.1 Å². The molecule has 5 nitrogen and oxygen atoms in total. The number of nitrogens with zero attached hydrogens (tertiary/aromatic N) is 4. The minimum absolute atomic E-state index is 0.0489. The molecule has 0 saturated heterocycles. The van der Waals surface area contributed by atoms with Crippen LogP contribution in [0.3, 0.4) is 0 Å². The molecular weight excluding hydrogens is 322 g/mol. The second-order valence-electron chi connectivity index (χ2n) is 5.14. The van der Waals surface area contributed by atoms with Gasteiger partial charge in [-0.15, -0.1) is 5.10 Å². The molecule has 1 unspecified atom stereocenters. The molecule has 1 aromatic carbocycles. The highest BCUT2D eigenvalue weighted by molar-refractivity contribution is 7.99. The molecule has 0 aliphatic carbocycles. The third kappa shape index (κ3) is 3.32. The first-order valence-electron chi connectivity index (χ1n) is 6.91. The Bertz CT molecular complexity index is 868. The van der Waals surface area contributed by atoms with Crippen molar-refractivity contribution in [1.82, 2.24) is 19.6 Å². The van der Waals surface area contributed by atoms with E-state index in [0.717, 1.165) is 23.5 Å². The lowest BCUT2D eigenvalue weighted by Gasteiger charge is -2.10. The zero-order chi connectivity index (χ0) is 16.6. The molecular formula is C15H14F2N4OS. The summed E-state index contributed by atoms with van der Waals surface area (Å²) in [4.78, 5) is 8.55. The molecule has 0 spiro atoms. The number of halogens is 2. The highest BCUT2D eigenvalue weighted by atomic mass is 32.2. The van der Waals surface area contributed by atoms with Crippen LogP contribution in [0.4, 0.5) is 8.78 Å². The van der Waals surface area contributed by atoms with Gasteiger partial charge in [0.25, 0.3) is 5.78 Å². The van der Waals surface area contributed by atoms with Crippen LogP contribution in [0.2, 0.25) is 0 Å². The highest BCUT2D eigenvalue weighted by Crippen LogP contribution is 2.25. The zero-order valence-corrected chi connectivity index (χ0v) is 13.3. The number of fused-ring (bicyclic) bond motifs is 1. The molecule has 0 aliphatic heterocycles. The van der Waals surface area contributed by atoms with Gasteiger partial charge in [-0.05, 0) is 26.0 Å². The molecule has 23 heavy (non-hydrogen) atoms. The van der Waals surface area contributed by atoms with Crippen LogP contribution in [-0.4, -0.2) is 30.4 Å². The Hall–Kier alpha value is -2.06. The van der Waals surface area contributed by atoms with Crippen LogP contribution in [0, 0.1) is 25.5 Å². The number of rotatable bonds is 4. The molecule has 120 valence electrons. The Morgan fingerprint density at radius 1 is 1.22 bits per heavy atom. The fourth-order valence-corrected chi connectivity index (χ4v) is 3.00. The van der Waals surface area contributed by atoms with E-state index in [0.29, 0.717) is 10.9 Å². The predicted octanol–water partition coefficient (Wildman–Crippen LogP) is 2.85. The fourth-order valence-electron chi connectivity index (χ4n) is 2.22. The summed E-state index contributed by atoms with van der Waals surface area (Å²) in [6.45, 7) is 3.77. The van der Waals surface area contributed by atoms with Crippen molar-refractivity contribution < 1.29 is 13.9 Å². The second-order valence-corrected chi connectivity index (χ2v) is 6.12. The molecule has 0 bridgehead atoms. The van der Waals surface area contributed by atoms with E-state index >= 15 is 0 Å². The van der Waals surface area contributed by atoms with Gasteiger partial charge in [0.1, 0.15) is 11.6 Å². The third-order valence-corrected chi connectivity index (χ3v) is 4.20. The monoisotopic (exact) mass is 336 g/mol. The molecule has 0 radical (unpaired) electrons. The minimum atomic E-state index is -1.08. The van der Waals surface area contributed by atoms with Crippen LogP contribution in [0.5, 0.6) is 0 Å². The van der Waals surface area contributed by atoms with Crippen molar-refractivity contribution in [2.75, 3.05) is 5.75 Å². The summed E-state index contributed by atoms with van der Waals surface area (Å²) in [7, 11) is 0. The Morgan fingerprint density at radius 2 is 2.00 bits per heavy atom. The standard InChI is InChI=1S/C15H14F2N4OS/c1-8-5-9(2)21-14(18-8)19-15(20-21)23-7-13(22)11-4-3-10(16)6-12(11)17/h3-6,13,22H,7H2,1-2H3. The summed E-state index contributed by atoms with van der Waals surface area (Å²) in [5.74, 6) is -0.816. The van der Waals surface area contributed by atoms with E-state index in [1.807, 2.05) is 19.9 Å². The maximum Gasteiger partial charge on any atom is 0.253 e. The number of hydrogen-bond donors (Lipinski definition) is 1. The summed E-state index contributed by atoms with van der Waals surface area (Å²) in [5.41, 5.74) is 1.79. The summed E-state index contributed by atoms with van der Waals surface area (Å²) >= 11 is 1.18. The van der Waals surface area contributed by atoms with Gasteiger partial charge in [-0.2, -0.15) is 4.98 Å². The maximum atomic E-state index is 13.6. The predicted molar refractivity (Wildman–Crippen MR) is 82.3 cm³/mol. The summed E-state index contributed by atoms with van der Waals surface area (Å²) in [6.07, 6.45) is -1.08. The number of benzene rings is 1. The molecule has 2 heterocycles. The Balaban J connectivity index is 1.76. The number of aliphatic hydroxyl groups is 1. The van der Waals surface area contributed by atoms with Gasteiger partial charge in [0, 0.05) is 28.8 Å². The van der Waals surface area contributed by atoms with E-state index in [1.165, 1.54) is 17.8 Å². The average molecular weight is 336 g/mol. The van der Waals surface area contributed by atoms with Gasteiger partial charge in [-0.3, -0.25) is 0 Å². The number of hydrogen-bond acceptors (Lipinski definition) is 5. The van der Waals surface area contributed by atoms with E-state index in [4.69, 9.17) is 0 Å². The first-order valence-corrected chi connectivity index (χ1v) is 7.89. The van der Waals surface area contributed by atoms with Gasteiger partial charge in [-0.1, -0.05) is 17.8 Å². The summed E-state index contributed by atoms with van der Waals surface area (Å²) < 4.78 is 28.1. The van der Waals surface area contributed by atoms with Crippen molar-refractivity contribution in [3.05, 3.63) is 52.9 Å². The topological polar surface area (TPSA) is 63.3 Å². The van der Waals surface area contributed by atoms with Crippen molar-refractivity contribution in [2.24, 2.45) is 0 Å². The van der Waals surface area contributed by atoms with Crippen LogP contribution in [0.25, 0.3) is 5.78 Å². The number of aromatic nitrogens is 4. The molecule has 0 amide bonds. The zero-order valence-electron chi connectivity index (χ0n) is 12.5. The molecule has 0 fully saturated rings. The van der Waals surface area contributed by atoms with E-state index < -0.39 is 17.7 Å². The smallest absolute Gasteiger partial charge is 0.253 e. The number of aliphatic hydroxyl groups excluding tert-OH is 1. The van der Waals surface area contributed by atoms with Gasteiger partial charge in [0.05, 0.1) is 6.10 Å². The number of aryl methyl sites for hydroxylation is 2. The second kappa shape index (κ2) is 6.21. The fraction of sp³-hybridized carbons (Fsp3) is 0.267. The number of thioether (sulfide) groups is 1. The van der Waals surface area contributed by atoms with E-state index in [1.54, 1.807) is 4.52 Å². The normalized spacial score (nSPS) is 12.7. The maximum absolute atomic E-state index is 13.6. The highest BCUT2D eigenvalue weighted by Gasteiger charge is 2.16. The lowest BCUT2D eigenvalue weighted by molar-refractivity contribution is 0.198. The molecule has 2 aromatic heterocycles. The SMILES string of the molecule is Cc1cc(C)n2nc(SCC(O)c3ccc(F)cc3F)nc2n1. The van der Waals surface area contributed by atoms with E-state index in [-0.39, 0.29) is 11.3 Å². The average Bonchev–Trinajstić information content (AvgIpc) is 2.88. The summed E-state index contributed by atoms with van der Waals surface area (Å²) in [5, 5.41) is 14.8. The van der Waals surface area contributed by atoms with Gasteiger partial charge in [-0.25, -0.2) is 18.3 Å². The minimum Gasteiger partial charge on any atom is -0.387 e. The van der Waals surface area contributed by atoms with Gasteiger partial charge >= 0.3 is 0 Å². The molecule has 0 aliphatic rings. The quantitative estimate of drug-likeness (QED) is 0.742. The Kier molecular flexibility index (Phi) is 4.27. The molecule has 3 aromatic rings. The Labute approximate surface area is 135 Å².